The number of hydrogen-bond acceptors (Lipinski definition) is 6. The summed E-state index contributed by atoms with van der Waals surface area (Å²) in [4.78, 5) is 29.6. The molecule has 4 aromatic rings. The van der Waals surface area contributed by atoms with Gasteiger partial charge in [0.15, 0.2) is 0 Å². The molecule has 3 N–H and O–H groups in total. The van der Waals surface area contributed by atoms with E-state index in [9.17, 15) is 18.4 Å². The molecule has 0 bridgehead atoms. The second kappa shape index (κ2) is 11.4. The lowest BCUT2D eigenvalue weighted by atomic mass is 10.0. The van der Waals surface area contributed by atoms with Crippen LogP contribution in [0, 0.1) is 18.6 Å². The number of amides is 1. The van der Waals surface area contributed by atoms with Crippen molar-refractivity contribution >= 4 is 33.2 Å². The number of rotatable bonds is 10. The van der Waals surface area contributed by atoms with Gasteiger partial charge in [0, 0.05) is 37.7 Å². The average molecular weight is 510 g/mol. The van der Waals surface area contributed by atoms with Crippen LogP contribution < -0.4 is 15.8 Å². The first-order valence-electron chi connectivity index (χ1n) is 11.4. The van der Waals surface area contributed by atoms with Gasteiger partial charge in [-0.2, -0.15) is 0 Å². The number of Topliss-reactive ketones (excluding diaryl/α,β-unsaturated/α-hetero) is 1. The monoisotopic (exact) mass is 509 g/mol. The number of nitrogens with zero attached hydrogens (tertiary/aromatic N) is 1. The summed E-state index contributed by atoms with van der Waals surface area (Å²) in [6.07, 6.45) is 1.96. The normalized spacial score (nSPS) is 11.0. The molecule has 0 unspecified atom stereocenters. The molecule has 36 heavy (non-hydrogen) atoms. The van der Waals surface area contributed by atoms with E-state index in [2.05, 4.69) is 10.3 Å². The zero-order valence-electron chi connectivity index (χ0n) is 19.6. The molecule has 0 atom stereocenters. The van der Waals surface area contributed by atoms with Crippen LogP contribution >= 0.6 is 11.3 Å². The Hall–Kier alpha value is -3.69. The first-order valence-corrected chi connectivity index (χ1v) is 12.3. The molecule has 2 heterocycles. The number of hydrogen-bond donors (Lipinski definition) is 2. The van der Waals surface area contributed by atoms with Crippen molar-refractivity contribution in [2.45, 2.75) is 26.2 Å². The van der Waals surface area contributed by atoms with Gasteiger partial charge in [-0.3, -0.25) is 14.6 Å². The summed E-state index contributed by atoms with van der Waals surface area (Å²) in [6, 6.07) is 12.2. The molecule has 4 rings (SSSR count). The Morgan fingerprint density at radius 2 is 1.83 bits per heavy atom. The van der Waals surface area contributed by atoms with Crippen molar-refractivity contribution in [3.63, 3.8) is 0 Å². The van der Waals surface area contributed by atoms with Crippen LogP contribution in [0.4, 0.5) is 8.78 Å². The first-order chi connectivity index (χ1) is 17.3. The van der Waals surface area contributed by atoms with Gasteiger partial charge in [0.2, 0.25) is 0 Å². The molecule has 0 radical (unpaired) electrons. The number of nitrogens with two attached hydrogens (primary N) is 1. The van der Waals surface area contributed by atoms with E-state index in [0.29, 0.717) is 45.9 Å². The van der Waals surface area contributed by atoms with Crippen molar-refractivity contribution in [1.29, 1.82) is 0 Å². The number of nitrogens with one attached hydrogen (secondary N) is 1. The predicted octanol–water partition coefficient (Wildman–Crippen LogP) is 5.11. The summed E-state index contributed by atoms with van der Waals surface area (Å²) in [5, 5.41) is 2.81. The average Bonchev–Trinajstić information content (AvgIpc) is 3.29. The van der Waals surface area contributed by atoms with Crippen LogP contribution in [-0.2, 0) is 17.6 Å². The predicted molar refractivity (Wildman–Crippen MR) is 136 cm³/mol. The Bertz CT molecular complexity index is 1420. The standard InChI is InChI=1S/C27H25F2N3O3S/c1-16-3-6-21(28)18(11-16)13-19(33)12-17-4-5-20(14-22(17)29)35-24-7-10-31-23-15-25(36-26(23)24)27(34)32-9-2-8-30/h3-7,10-11,14-15H,2,8-9,12-13,30H2,1H3,(H,32,34). The zero-order valence-corrected chi connectivity index (χ0v) is 20.5. The van der Waals surface area contributed by atoms with Crippen LogP contribution in [0.1, 0.15) is 32.8 Å². The van der Waals surface area contributed by atoms with E-state index in [1.807, 2.05) is 6.92 Å². The van der Waals surface area contributed by atoms with Gasteiger partial charge >= 0.3 is 0 Å². The van der Waals surface area contributed by atoms with Gasteiger partial charge < -0.3 is 15.8 Å². The Morgan fingerprint density at radius 1 is 1.03 bits per heavy atom. The summed E-state index contributed by atoms with van der Waals surface area (Å²) >= 11 is 1.23. The fourth-order valence-electron chi connectivity index (χ4n) is 3.69. The lowest BCUT2D eigenvalue weighted by Gasteiger charge is -2.09. The maximum absolute atomic E-state index is 14.8. The van der Waals surface area contributed by atoms with Crippen LogP contribution in [-0.4, -0.2) is 29.8 Å². The van der Waals surface area contributed by atoms with Crippen LogP contribution in [0.3, 0.4) is 0 Å². The summed E-state index contributed by atoms with van der Waals surface area (Å²) in [5.74, 6) is -0.886. The van der Waals surface area contributed by atoms with E-state index < -0.39 is 11.6 Å². The van der Waals surface area contributed by atoms with Gasteiger partial charge in [0.25, 0.3) is 5.91 Å². The Morgan fingerprint density at radius 3 is 2.61 bits per heavy atom. The third-order valence-corrected chi connectivity index (χ3v) is 6.63. The molecule has 0 aliphatic carbocycles. The van der Waals surface area contributed by atoms with Gasteiger partial charge in [0.05, 0.1) is 15.1 Å². The molecule has 2 aromatic heterocycles. The second-order valence-electron chi connectivity index (χ2n) is 8.37. The molecule has 6 nitrogen and oxygen atoms in total. The van der Waals surface area contributed by atoms with Gasteiger partial charge in [-0.1, -0.05) is 23.8 Å². The van der Waals surface area contributed by atoms with Crippen molar-refractivity contribution < 1.29 is 23.1 Å². The topological polar surface area (TPSA) is 94.3 Å². The number of benzene rings is 2. The van der Waals surface area contributed by atoms with Crippen molar-refractivity contribution in [3.8, 4) is 11.5 Å². The quantitative estimate of drug-likeness (QED) is 0.290. The van der Waals surface area contributed by atoms with Crippen LogP contribution in [0.15, 0.2) is 54.7 Å². The van der Waals surface area contributed by atoms with Crippen LogP contribution in [0.2, 0.25) is 0 Å². The first kappa shape index (κ1) is 25.4. The second-order valence-corrected chi connectivity index (χ2v) is 9.43. The largest absolute Gasteiger partial charge is 0.456 e. The molecule has 0 aliphatic heterocycles. The van der Waals surface area contributed by atoms with E-state index >= 15 is 0 Å². The van der Waals surface area contributed by atoms with E-state index in [1.54, 1.807) is 36.5 Å². The third kappa shape index (κ3) is 6.10. The molecule has 1 amide bonds. The van der Waals surface area contributed by atoms with E-state index in [1.165, 1.54) is 29.5 Å². The van der Waals surface area contributed by atoms with Crippen molar-refractivity contribution in [1.82, 2.24) is 10.3 Å². The number of aromatic nitrogens is 1. The van der Waals surface area contributed by atoms with Crippen LogP contribution in [0.25, 0.3) is 10.2 Å². The minimum Gasteiger partial charge on any atom is -0.456 e. The zero-order chi connectivity index (χ0) is 25.7. The fourth-order valence-corrected chi connectivity index (χ4v) is 4.67. The summed E-state index contributed by atoms with van der Waals surface area (Å²) in [6.45, 7) is 2.78. The maximum Gasteiger partial charge on any atom is 0.261 e. The highest BCUT2D eigenvalue weighted by Gasteiger charge is 2.16. The molecule has 0 aliphatic rings. The number of fused-ring (bicyclic) bond motifs is 1. The van der Waals surface area contributed by atoms with Crippen molar-refractivity contribution in [2.24, 2.45) is 5.73 Å². The summed E-state index contributed by atoms with van der Waals surface area (Å²) in [5.41, 5.74) is 7.40. The lowest BCUT2D eigenvalue weighted by molar-refractivity contribution is -0.117. The third-order valence-electron chi connectivity index (χ3n) is 5.49. The van der Waals surface area contributed by atoms with Gasteiger partial charge in [-0.25, -0.2) is 8.78 Å². The highest BCUT2D eigenvalue weighted by Crippen LogP contribution is 2.35. The molecule has 0 saturated carbocycles. The number of ether oxygens (including phenoxy) is 1. The van der Waals surface area contributed by atoms with Crippen molar-refractivity contribution in [3.05, 3.63) is 87.9 Å². The Balaban J connectivity index is 1.46. The van der Waals surface area contributed by atoms with Gasteiger partial charge in [-0.15, -0.1) is 11.3 Å². The molecule has 0 fully saturated rings. The van der Waals surface area contributed by atoms with E-state index in [4.69, 9.17) is 10.5 Å². The summed E-state index contributed by atoms with van der Waals surface area (Å²) in [7, 11) is 0. The Labute approximate surface area is 211 Å². The smallest absolute Gasteiger partial charge is 0.261 e. The van der Waals surface area contributed by atoms with Crippen LogP contribution in [0.5, 0.6) is 11.5 Å². The van der Waals surface area contributed by atoms with Gasteiger partial charge in [0.1, 0.15) is 28.9 Å². The number of ketones is 1. The minimum atomic E-state index is -0.595. The molecule has 2 aromatic carbocycles. The lowest BCUT2D eigenvalue weighted by Crippen LogP contribution is -2.25. The number of aryl methyl sites for hydroxylation is 1. The SMILES string of the molecule is Cc1ccc(F)c(CC(=O)Cc2ccc(Oc3ccnc4cc(C(=O)NCCCN)sc34)cc2F)c1. The number of carbonyl (C=O) groups is 2. The van der Waals surface area contributed by atoms with E-state index in [0.717, 1.165) is 5.56 Å². The fraction of sp³-hybridized carbons (Fsp3) is 0.222. The molecule has 186 valence electrons. The van der Waals surface area contributed by atoms with E-state index in [-0.39, 0.29) is 35.8 Å². The maximum atomic E-state index is 14.8. The molecular formula is C27H25F2N3O3S. The molecule has 9 heteroatoms. The highest BCUT2D eigenvalue weighted by atomic mass is 32.1. The molecule has 0 saturated heterocycles. The Kier molecular flexibility index (Phi) is 8.02. The molecular weight excluding hydrogens is 484 g/mol. The number of thiophene rings is 1. The molecule has 0 spiro atoms. The number of pyridine rings is 1. The van der Waals surface area contributed by atoms with Crippen molar-refractivity contribution in [2.75, 3.05) is 13.1 Å². The minimum absolute atomic E-state index is 0.110. The number of carbonyl (C=O) groups excluding carboxylic acids is 2. The van der Waals surface area contributed by atoms with Gasteiger partial charge in [-0.05, 0) is 49.2 Å². The summed E-state index contributed by atoms with van der Waals surface area (Å²) < 4.78 is 35.3. The highest BCUT2D eigenvalue weighted by molar-refractivity contribution is 7.21. The number of halogens is 2.